The van der Waals surface area contributed by atoms with E-state index in [1.165, 1.54) is 12.1 Å². The summed E-state index contributed by atoms with van der Waals surface area (Å²) < 4.78 is 18.8. The first-order chi connectivity index (χ1) is 12.1. The van der Waals surface area contributed by atoms with Crippen molar-refractivity contribution in [1.82, 2.24) is 4.90 Å². The number of nitrogens with zero attached hydrogens (tertiary/aromatic N) is 1. The van der Waals surface area contributed by atoms with E-state index < -0.39 is 6.10 Å². The van der Waals surface area contributed by atoms with E-state index >= 15 is 0 Å². The first-order valence-electron chi connectivity index (χ1n) is 8.31. The molecule has 3 rings (SSSR count). The van der Waals surface area contributed by atoms with Crippen molar-refractivity contribution in [3.63, 3.8) is 0 Å². The minimum Gasteiger partial charge on any atom is -0.489 e. The van der Waals surface area contributed by atoms with Gasteiger partial charge in [-0.15, -0.1) is 0 Å². The Morgan fingerprint density at radius 3 is 2.92 bits per heavy atom. The van der Waals surface area contributed by atoms with Gasteiger partial charge in [0, 0.05) is 24.8 Å². The number of aliphatic hydroxyl groups excluding tert-OH is 1. The fourth-order valence-corrected chi connectivity index (χ4v) is 2.80. The lowest BCUT2D eigenvalue weighted by Gasteiger charge is -2.30. The highest BCUT2D eigenvalue weighted by atomic mass is 19.1. The zero-order chi connectivity index (χ0) is 17.6. The van der Waals surface area contributed by atoms with Gasteiger partial charge in [-0.1, -0.05) is 18.2 Å². The van der Waals surface area contributed by atoms with E-state index in [2.05, 4.69) is 5.32 Å². The largest absolute Gasteiger partial charge is 0.489 e. The normalized spacial score (nSPS) is 17.2. The van der Waals surface area contributed by atoms with Crippen molar-refractivity contribution in [2.24, 2.45) is 0 Å². The van der Waals surface area contributed by atoms with E-state index in [4.69, 9.17) is 4.74 Å². The van der Waals surface area contributed by atoms with Crippen molar-refractivity contribution in [3.05, 3.63) is 59.9 Å². The summed E-state index contributed by atoms with van der Waals surface area (Å²) in [7, 11) is 0. The van der Waals surface area contributed by atoms with Gasteiger partial charge in [0.05, 0.1) is 6.10 Å². The Bertz CT molecular complexity index is 738. The predicted molar refractivity (Wildman–Crippen MR) is 93.0 cm³/mol. The molecule has 132 valence electrons. The molecule has 2 N–H and O–H groups in total. The second-order valence-corrected chi connectivity index (χ2v) is 6.12. The zero-order valence-electron chi connectivity index (χ0n) is 13.8. The van der Waals surface area contributed by atoms with Gasteiger partial charge in [-0.3, -0.25) is 0 Å². The number of hydrogen-bond acceptors (Lipinski definition) is 3. The average Bonchev–Trinajstić information content (AvgIpc) is 2.60. The molecule has 0 aromatic heterocycles. The number of carbonyl (C=O) groups is 1. The molecule has 1 aliphatic heterocycles. The quantitative estimate of drug-likeness (QED) is 0.894. The molecular formula is C19H21FN2O3. The van der Waals surface area contributed by atoms with Crippen molar-refractivity contribution < 1.29 is 19.0 Å². The molecular weight excluding hydrogens is 323 g/mol. The van der Waals surface area contributed by atoms with Crippen molar-refractivity contribution in [2.75, 3.05) is 18.4 Å². The highest BCUT2D eigenvalue weighted by molar-refractivity contribution is 5.89. The van der Waals surface area contributed by atoms with E-state index in [-0.39, 0.29) is 18.5 Å². The third-order valence-corrected chi connectivity index (χ3v) is 4.06. The maximum absolute atomic E-state index is 13.2. The van der Waals surface area contributed by atoms with Crippen LogP contribution in [0.3, 0.4) is 0 Å². The van der Waals surface area contributed by atoms with E-state index in [0.717, 1.165) is 18.4 Å². The molecule has 0 aliphatic carbocycles. The lowest BCUT2D eigenvalue weighted by Crippen LogP contribution is -2.44. The summed E-state index contributed by atoms with van der Waals surface area (Å²) in [6, 6.07) is 13.0. The van der Waals surface area contributed by atoms with Crippen LogP contribution in [0.25, 0.3) is 0 Å². The Morgan fingerprint density at radius 1 is 1.28 bits per heavy atom. The van der Waals surface area contributed by atoms with Crippen LogP contribution >= 0.6 is 0 Å². The highest BCUT2D eigenvalue weighted by Gasteiger charge is 2.22. The Morgan fingerprint density at radius 2 is 2.12 bits per heavy atom. The summed E-state index contributed by atoms with van der Waals surface area (Å²) >= 11 is 0. The van der Waals surface area contributed by atoms with Crippen LogP contribution in [0.1, 0.15) is 18.4 Å². The van der Waals surface area contributed by atoms with Crippen LogP contribution in [0.5, 0.6) is 5.75 Å². The molecule has 1 heterocycles. The number of likely N-dealkylation sites (tertiary alicyclic amines) is 1. The minimum absolute atomic E-state index is 0.235. The second-order valence-electron chi connectivity index (χ2n) is 6.12. The average molecular weight is 344 g/mol. The molecule has 5 nitrogen and oxygen atoms in total. The minimum atomic E-state index is -0.458. The third-order valence-electron chi connectivity index (χ3n) is 4.06. The number of amides is 2. The molecule has 6 heteroatoms. The molecule has 1 saturated heterocycles. The summed E-state index contributed by atoms with van der Waals surface area (Å²) in [5, 5.41) is 12.5. The van der Waals surface area contributed by atoms with E-state index in [1.807, 2.05) is 0 Å². The van der Waals surface area contributed by atoms with Crippen LogP contribution in [-0.4, -0.2) is 35.2 Å². The topological polar surface area (TPSA) is 61.8 Å². The molecule has 0 radical (unpaired) electrons. The van der Waals surface area contributed by atoms with E-state index in [9.17, 15) is 14.3 Å². The fourth-order valence-electron chi connectivity index (χ4n) is 2.80. The summed E-state index contributed by atoms with van der Waals surface area (Å²) in [4.78, 5) is 13.9. The van der Waals surface area contributed by atoms with Crippen LogP contribution in [0, 0.1) is 5.82 Å². The second kappa shape index (κ2) is 7.98. The molecule has 2 aromatic carbocycles. The summed E-state index contributed by atoms with van der Waals surface area (Å²) in [6.45, 7) is 1.23. The van der Waals surface area contributed by atoms with Gasteiger partial charge < -0.3 is 20.1 Å². The number of benzene rings is 2. The van der Waals surface area contributed by atoms with Crippen molar-refractivity contribution >= 4 is 11.7 Å². The first-order valence-corrected chi connectivity index (χ1v) is 8.31. The van der Waals surface area contributed by atoms with Crippen molar-refractivity contribution in [2.45, 2.75) is 25.6 Å². The van der Waals surface area contributed by atoms with Crippen LogP contribution in [0.15, 0.2) is 48.5 Å². The predicted octanol–water partition coefficient (Wildman–Crippen LogP) is 3.39. The molecule has 0 spiro atoms. The van der Waals surface area contributed by atoms with Crippen LogP contribution in [0.4, 0.5) is 14.9 Å². The summed E-state index contributed by atoms with van der Waals surface area (Å²) in [5.74, 6) is 0.284. The first kappa shape index (κ1) is 17.2. The van der Waals surface area contributed by atoms with E-state index in [0.29, 0.717) is 24.5 Å². The molecule has 0 saturated carbocycles. The third kappa shape index (κ3) is 4.93. The lowest BCUT2D eigenvalue weighted by molar-refractivity contribution is 0.0883. The van der Waals surface area contributed by atoms with Gasteiger partial charge in [0.25, 0.3) is 0 Å². The number of nitrogens with one attached hydrogen (secondary N) is 1. The van der Waals surface area contributed by atoms with Crippen LogP contribution < -0.4 is 10.1 Å². The van der Waals surface area contributed by atoms with Gasteiger partial charge in [0.1, 0.15) is 18.2 Å². The standard InChI is InChI=1S/C19H21FN2O3/c20-15-5-1-4-14(10-15)13-25-18-8-2-6-16(11-18)21-19(24)22-9-3-7-17(23)12-22/h1-2,4-6,8,10-11,17,23H,3,7,9,12-13H2,(H,21,24). The number of piperidine rings is 1. The van der Waals surface area contributed by atoms with Gasteiger partial charge in [-0.05, 0) is 42.7 Å². The highest BCUT2D eigenvalue weighted by Crippen LogP contribution is 2.20. The number of urea groups is 1. The molecule has 1 fully saturated rings. The number of ether oxygens (including phenoxy) is 1. The number of anilines is 1. The number of aliphatic hydroxyl groups is 1. The molecule has 2 amide bonds. The van der Waals surface area contributed by atoms with E-state index in [1.54, 1.807) is 41.3 Å². The number of carbonyl (C=O) groups excluding carboxylic acids is 1. The maximum Gasteiger partial charge on any atom is 0.321 e. The monoisotopic (exact) mass is 344 g/mol. The molecule has 2 aromatic rings. The fraction of sp³-hybridized carbons (Fsp3) is 0.316. The maximum atomic E-state index is 13.2. The SMILES string of the molecule is O=C(Nc1cccc(OCc2cccc(F)c2)c1)N1CCCC(O)C1. The molecule has 0 bridgehead atoms. The van der Waals surface area contributed by atoms with Crippen molar-refractivity contribution in [1.29, 1.82) is 0 Å². The van der Waals surface area contributed by atoms with Gasteiger partial charge in [-0.2, -0.15) is 0 Å². The van der Waals surface area contributed by atoms with Crippen LogP contribution in [-0.2, 0) is 6.61 Å². The number of halogens is 1. The molecule has 1 aliphatic rings. The Balaban J connectivity index is 1.58. The summed E-state index contributed by atoms with van der Waals surface area (Å²) in [6.07, 6.45) is 1.07. The lowest BCUT2D eigenvalue weighted by atomic mass is 10.1. The summed E-state index contributed by atoms with van der Waals surface area (Å²) in [5.41, 5.74) is 1.35. The van der Waals surface area contributed by atoms with Crippen molar-refractivity contribution in [3.8, 4) is 5.75 Å². The molecule has 1 atom stereocenters. The number of β-amino-alcohol motifs (C(OH)–C–C–N with tert-alkyl or cyclic N) is 1. The molecule has 1 unspecified atom stereocenters. The smallest absolute Gasteiger partial charge is 0.321 e. The zero-order valence-corrected chi connectivity index (χ0v) is 13.8. The van der Waals surface area contributed by atoms with Gasteiger partial charge in [0.15, 0.2) is 0 Å². The van der Waals surface area contributed by atoms with Gasteiger partial charge in [0.2, 0.25) is 0 Å². The number of rotatable bonds is 4. The Kier molecular flexibility index (Phi) is 5.50. The van der Waals surface area contributed by atoms with Crippen LogP contribution in [0.2, 0.25) is 0 Å². The van der Waals surface area contributed by atoms with Gasteiger partial charge >= 0.3 is 6.03 Å². The number of hydrogen-bond donors (Lipinski definition) is 2. The molecule has 25 heavy (non-hydrogen) atoms. The Labute approximate surface area is 146 Å². The Hall–Kier alpha value is -2.60. The van der Waals surface area contributed by atoms with Gasteiger partial charge in [-0.25, -0.2) is 9.18 Å².